The van der Waals surface area contributed by atoms with Gasteiger partial charge in [0.15, 0.2) is 0 Å². The zero-order valence-corrected chi connectivity index (χ0v) is 11.3. The topological polar surface area (TPSA) is 26.0 Å². The van der Waals surface area contributed by atoms with E-state index < -0.39 is 23.4 Å². The van der Waals surface area contributed by atoms with Gasteiger partial charge in [0.05, 0.1) is 11.3 Å². The lowest BCUT2D eigenvalue weighted by atomic mass is 10.0. The molecular weight excluding hydrogens is 345 g/mol. The van der Waals surface area contributed by atoms with E-state index in [4.69, 9.17) is 5.73 Å². The molecule has 2 N–H and O–H groups in total. The lowest BCUT2D eigenvalue weighted by molar-refractivity contribution is -0.139. The van der Waals surface area contributed by atoms with Crippen LogP contribution < -0.4 is 5.73 Å². The Hall–Kier alpha value is -1.63. The van der Waals surface area contributed by atoms with Gasteiger partial charge in [0.1, 0.15) is 11.6 Å². The van der Waals surface area contributed by atoms with Crippen LogP contribution in [0.15, 0.2) is 34.8 Å². The van der Waals surface area contributed by atoms with E-state index in [0.717, 1.165) is 12.1 Å². The highest BCUT2D eigenvalue weighted by Crippen LogP contribution is 2.35. The highest BCUT2D eigenvalue weighted by molar-refractivity contribution is 9.10. The highest BCUT2D eigenvalue weighted by Gasteiger charge is 2.33. The van der Waals surface area contributed by atoms with E-state index in [2.05, 4.69) is 15.9 Å². The SMILES string of the molecule is Nc1c(F)cc(-c2ccc(C(F)(F)F)c(F)c2)cc1Br. The smallest absolute Gasteiger partial charge is 0.395 e. The van der Waals surface area contributed by atoms with E-state index in [1.807, 2.05) is 0 Å². The Balaban J connectivity index is 2.53. The molecule has 0 heterocycles. The second-order valence-electron chi connectivity index (χ2n) is 4.05. The first-order chi connectivity index (χ1) is 9.20. The van der Waals surface area contributed by atoms with Crippen LogP contribution in [-0.2, 0) is 6.18 Å². The average Bonchev–Trinajstić information content (AvgIpc) is 2.33. The quantitative estimate of drug-likeness (QED) is 0.568. The summed E-state index contributed by atoms with van der Waals surface area (Å²) >= 11 is 3.02. The molecule has 0 unspecified atom stereocenters. The predicted molar refractivity (Wildman–Crippen MR) is 68.9 cm³/mol. The Morgan fingerprint density at radius 1 is 0.900 bits per heavy atom. The van der Waals surface area contributed by atoms with Crippen LogP contribution in [0.2, 0.25) is 0 Å². The van der Waals surface area contributed by atoms with Crippen LogP contribution in [0, 0.1) is 11.6 Å². The molecule has 0 aliphatic rings. The van der Waals surface area contributed by atoms with E-state index in [1.54, 1.807) is 0 Å². The van der Waals surface area contributed by atoms with Gasteiger partial charge in [0.2, 0.25) is 0 Å². The summed E-state index contributed by atoms with van der Waals surface area (Å²) in [6, 6.07) is 4.83. The van der Waals surface area contributed by atoms with Crippen LogP contribution in [0.25, 0.3) is 11.1 Å². The van der Waals surface area contributed by atoms with Gasteiger partial charge in [-0.25, -0.2) is 8.78 Å². The van der Waals surface area contributed by atoms with Crippen LogP contribution in [-0.4, -0.2) is 0 Å². The molecule has 0 saturated carbocycles. The summed E-state index contributed by atoms with van der Waals surface area (Å²) < 4.78 is 64.5. The Kier molecular flexibility index (Phi) is 3.73. The summed E-state index contributed by atoms with van der Waals surface area (Å²) in [6.07, 6.45) is -4.77. The first-order valence-electron chi connectivity index (χ1n) is 5.32. The van der Waals surface area contributed by atoms with Gasteiger partial charge in [0, 0.05) is 4.47 Å². The summed E-state index contributed by atoms with van der Waals surface area (Å²) in [6.45, 7) is 0. The molecule has 0 aliphatic carbocycles. The Bertz CT molecular complexity index is 643. The van der Waals surface area contributed by atoms with E-state index in [9.17, 15) is 22.0 Å². The highest BCUT2D eigenvalue weighted by atomic mass is 79.9. The minimum absolute atomic E-state index is 0.120. The first kappa shape index (κ1) is 14.8. The minimum atomic E-state index is -4.77. The van der Waals surface area contributed by atoms with E-state index in [-0.39, 0.29) is 21.3 Å². The van der Waals surface area contributed by atoms with Gasteiger partial charge >= 0.3 is 6.18 Å². The molecule has 7 heteroatoms. The van der Waals surface area contributed by atoms with Crippen molar-refractivity contribution in [1.82, 2.24) is 0 Å². The molecule has 0 amide bonds. The number of anilines is 1. The zero-order chi connectivity index (χ0) is 15.1. The number of nitrogens with two attached hydrogens (primary N) is 1. The van der Waals surface area contributed by atoms with Gasteiger partial charge in [-0.3, -0.25) is 0 Å². The van der Waals surface area contributed by atoms with Crippen molar-refractivity contribution in [3.63, 3.8) is 0 Å². The monoisotopic (exact) mass is 351 g/mol. The number of hydrogen-bond acceptors (Lipinski definition) is 1. The largest absolute Gasteiger partial charge is 0.419 e. The normalized spacial score (nSPS) is 11.7. The summed E-state index contributed by atoms with van der Waals surface area (Å²) in [7, 11) is 0. The summed E-state index contributed by atoms with van der Waals surface area (Å²) in [4.78, 5) is 0. The van der Waals surface area contributed by atoms with Crippen LogP contribution >= 0.6 is 15.9 Å². The standard InChI is InChI=1S/C13H7BrF5N/c14-9-3-7(5-11(16)12(9)20)6-1-2-8(10(15)4-6)13(17,18)19/h1-5H,20H2. The van der Waals surface area contributed by atoms with Crippen LogP contribution in [0.4, 0.5) is 27.6 Å². The third-order valence-electron chi connectivity index (χ3n) is 2.69. The Labute approximate surface area is 119 Å². The number of rotatable bonds is 1. The number of alkyl halides is 3. The third kappa shape index (κ3) is 2.77. The van der Waals surface area contributed by atoms with Gasteiger partial charge in [-0.05, 0) is 51.3 Å². The Morgan fingerprint density at radius 3 is 2.00 bits per heavy atom. The molecule has 2 aromatic rings. The molecule has 0 aromatic heterocycles. The summed E-state index contributed by atoms with van der Waals surface area (Å²) in [5.41, 5.74) is 4.25. The molecule has 0 radical (unpaired) electrons. The lowest BCUT2D eigenvalue weighted by Gasteiger charge is -2.10. The molecular formula is C13H7BrF5N. The molecule has 2 rings (SSSR count). The van der Waals surface area contributed by atoms with E-state index in [1.165, 1.54) is 6.07 Å². The maximum absolute atomic E-state index is 13.5. The summed E-state index contributed by atoms with van der Waals surface area (Å²) in [5.74, 6) is -2.15. The fourth-order valence-corrected chi connectivity index (χ4v) is 2.11. The van der Waals surface area contributed by atoms with Crippen molar-refractivity contribution in [3.05, 3.63) is 52.0 Å². The maximum Gasteiger partial charge on any atom is 0.419 e. The first-order valence-corrected chi connectivity index (χ1v) is 6.11. The molecule has 1 nitrogen and oxygen atoms in total. The molecule has 0 saturated heterocycles. The minimum Gasteiger partial charge on any atom is -0.395 e. The number of benzene rings is 2. The van der Waals surface area contributed by atoms with Gasteiger partial charge in [0.25, 0.3) is 0 Å². The fraction of sp³-hybridized carbons (Fsp3) is 0.0769. The number of nitrogen functional groups attached to an aromatic ring is 1. The number of hydrogen-bond donors (Lipinski definition) is 1. The van der Waals surface area contributed by atoms with Crippen LogP contribution in [0.3, 0.4) is 0 Å². The average molecular weight is 352 g/mol. The van der Waals surface area contributed by atoms with Crippen LogP contribution in [0.1, 0.15) is 5.56 Å². The van der Waals surface area contributed by atoms with Gasteiger partial charge in [-0.15, -0.1) is 0 Å². The van der Waals surface area contributed by atoms with Gasteiger partial charge in [-0.1, -0.05) is 6.07 Å². The molecule has 106 valence electrons. The van der Waals surface area contributed by atoms with E-state index in [0.29, 0.717) is 12.1 Å². The zero-order valence-electron chi connectivity index (χ0n) is 9.73. The lowest BCUT2D eigenvalue weighted by Crippen LogP contribution is -2.07. The second-order valence-corrected chi connectivity index (χ2v) is 4.90. The second kappa shape index (κ2) is 5.05. The van der Waals surface area contributed by atoms with Crippen molar-refractivity contribution in [2.75, 3.05) is 5.73 Å². The predicted octanol–water partition coefficient (Wildman–Crippen LogP) is 5.00. The van der Waals surface area contributed by atoms with Crippen molar-refractivity contribution in [2.24, 2.45) is 0 Å². The molecule has 0 spiro atoms. The van der Waals surface area contributed by atoms with Crippen molar-refractivity contribution < 1.29 is 22.0 Å². The maximum atomic E-state index is 13.5. The Morgan fingerprint density at radius 2 is 1.50 bits per heavy atom. The number of halogens is 6. The molecule has 0 bridgehead atoms. The molecule has 20 heavy (non-hydrogen) atoms. The molecule has 0 aliphatic heterocycles. The molecule has 2 aromatic carbocycles. The van der Waals surface area contributed by atoms with Gasteiger partial charge in [-0.2, -0.15) is 13.2 Å². The third-order valence-corrected chi connectivity index (χ3v) is 3.34. The van der Waals surface area contributed by atoms with Crippen molar-refractivity contribution in [1.29, 1.82) is 0 Å². The molecule has 0 fully saturated rings. The van der Waals surface area contributed by atoms with Crippen molar-refractivity contribution >= 4 is 21.6 Å². The van der Waals surface area contributed by atoms with Crippen LogP contribution in [0.5, 0.6) is 0 Å². The van der Waals surface area contributed by atoms with Crippen molar-refractivity contribution in [2.45, 2.75) is 6.18 Å². The fourth-order valence-electron chi connectivity index (χ4n) is 1.68. The molecule has 0 atom stereocenters. The van der Waals surface area contributed by atoms with Crippen molar-refractivity contribution in [3.8, 4) is 11.1 Å². The van der Waals surface area contributed by atoms with E-state index >= 15 is 0 Å². The van der Waals surface area contributed by atoms with Gasteiger partial charge < -0.3 is 5.73 Å². The summed E-state index contributed by atoms with van der Waals surface area (Å²) in [5, 5.41) is 0.